The Balaban J connectivity index is 2.29. The molecule has 2 aromatic carbocycles. The minimum absolute atomic E-state index is 0.155. The van der Waals surface area contributed by atoms with Crippen molar-refractivity contribution in [2.75, 3.05) is 7.11 Å². The summed E-state index contributed by atoms with van der Waals surface area (Å²) in [5.41, 5.74) is 0.542. The molecule has 1 heterocycles. The maximum Gasteiger partial charge on any atom is 0.311 e. The van der Waals surface area contributed by atoms with E-state index in [1.54, 1.807) is 30.3 Å². The van der Waals surface area contributed by atoms with Gasteiger partial charge in [0.05, 0.1) is 23.1 Å². The molecule has 0 amide bonds. The van der Waals surface area contributed by atoms with Crippen LogP contribution in [0.1, 0.15) is 0 Å². The first-order valence-electron chi connectivity index (χ1n) is 6.42. The third kappa shape index (κ3) is 2.18. The highest BCUT2D eigenvalue weighted by Crippen LogP contribution is 2.33. The molecule has 3 rings (SSSR count). The third-order valence-corrected chi connectivity index (χ3v) is 3.35. The Labute approximate surface area is 124 Å². The second-order valence-electron chi connectivity index (χ2n) is 4.59. The van der Waals surface area contributed by atoms with E-state index in [0.29, 0.717) is 22.0 Å². The summed E-state index contributed by atoms with van der Waals surface area (Å²) in [6.45, 7) is 0. The van der Waals surface area contributed by atoms with Crippen LogP contribution in [-0.2, 0) is 0 Å². The fourth-order valence-electron chi connectivity index (χ4n) is 2.31. The summed E-state index contributed by atoms with van der Waals surface area (Å²) in [5, 5.41) is 18.7. The molecule has 7 heteroatoms. The van der Waals surface area contributed by atoms with E-state index in [2.05, 4.69) is 10.2 Å². The van der Waals surface area contributed by atoms with Gasteiger partial charge in [-0.15, -0.1) is 0 Å². The largest absolute Gasteiger partial charge is 0.490 e. The molecule has 0 aliphatic rings. The van der Waals surface area contributed by atoms with Gasteiger partial charge in [-0.25, -0.2) is 5.10 Å². The number of H-pyrrole nitrogens is 1. The molecular weight excluding hydrogens is 286 g/mol. The van der Waals surface area contributed by atoms with Crippen LogP contribution < -0.4 is 10.3 Å². The van der Waals surface area contributed by atoms with Gasteiger partial charge in [0.25, 0.3) is 5.56 Å². The summed E-state index contributed by atoms with van der Waals surface area (Å²) in [6.07, 6.45) is 0. The van der Waals surface area contributed by atoms with E-state index >= 15 is 0 Å². The van der Waals surface area contributed by atoms with Gasteiger partial charge < -0.3 is 4.74 Å². The number of ether oxygens (including phenoxy) is 1. The van der Waals surface area contributed by atoms with Gasteiger partial charge in [-0.1, -0.05) is 18.2 Å². The molecule has 3 aromatic rings. The van der Waals surface area contributed by atoms with Gasteiger partial charge in [-0.2, -0.15) is 5.10 Å². The SMILES string of the molecule is COc1ccc(-c2n[nH]c(=O)c3ccccc23)cc1[N+](=O)[O-]. The Morgan fingerprint density at radius 3 is 2.59 bits per heavy atom. The number of fused-ring (bicyclic) bond motifs is 1. The Kier molecular flexibility index (Phi) is 3.30. The van der Waals surface area contributed by atoms with Gasteiger partial charge in [-0.05, 0) is 18.2 Å². The first-order chi connectivity index (χ1) is 10.6. The minimum atomic E-state index is -0.518. The van der Waals surface area contributed by atoms with Crippen LogP contribution in [-0.4, -0.2) is 22.2 Å². The lowest BCUT2D eigenvalue weighted by molar-refractivity contribution is -0.385. The second kappa shape index (κ2) is 5.28. The molecule has 0 bridgehead atoms. The van der Waals surface area contributed by atoms with Gasteiger partial charge in [0.1, 0.15) is 0 Å². The van der Waals surface area contributed by atoms with E-state index in [-0.39, 0.29) is 17.0 Å². The number of methoxy groups -OCH3 is 1. The lowest BCUT2D eigenvalue weighted by Gasteiger charge is -2.07. The summed E-state index contributed by atoms with van der Waals surface area (Å²) in [7, 11) is 1.37. The molecule has 0 radical (unpaired) electrons. The molecule has 1 aromatic heterocycles. The molecule has 0 saturated heterocycles. The summed E-state index contributed by atoms with van der Waals surface area (Å²) in [6, 6.07) is 11.5. The van der Waals surface area contributed by atoms with Crippen LogP contribution in [0.4, 0.5) is 5.69 Å². The van der Waals surface area contributed by atoms with Gasteiger partial charge in [0.15, 0.2) is 5.75 Å². The number of nitrogens with one attached hydrogen (secondary N) is 1. The standard InChI is InChI=1S/C15H11N3O4/c1-22-13-7-6-9(8-12(13)18(20)21)14-10-4-2-3-5-11(10)15(19)17-16-14/h2-8H,1H3,(H,17,19). The van der Waals surface area contributed by atoms with E-state index < -0.39 is 4.92 Å². The van der Waals surface area contributed by atoms with Crippen LogP contribution in [0.5, 0.6) is 5.75 Å². The van der Waals surface area contributed by atoms with Crippen LogP contribution in [0.3, 0.4) is 0 Å². The summed E-state index contributed by atoms with van der Waals surface area (Å²) in [4.78, 5) is 22.4. The lowest BCUT2D eigenvalue weighted by atomic mass is 10.0. The van der Waals surface area contributed by atoms with E-state index in [4.69, 9.17) is 4.74 Å². The van der Waals surface area contributed by atoms with Crippen LogP contribution in [0.15, 0.2) is 47.3 Å². The third-order valence-electron chi connectivity index (χ3n) is 3.35. The van der Waals surface area contributed by atoms with Crippen LogP contribution in [0.25, 0.3) is 22.0 Å². The molecular formula is C15H11N3O4. The maximum absolute atomic E-state index is 11.8. The van der Waals surface area contributed by atoms with E-state index in [9.17, 15) is 14.9 Å². The summed E-state index contributed by atoms with van der Waals surface area (Å²) >= 11 is 0. The molecule has 0 fully saturated rings. The number of hydrogen-bond donors (Lipinski definition) is 1. The van der Waals surface area contributed by atoms with E-state index in [0.717, 1.165) is 0 Å². The highest BCUT2D eigenvalue weighted by Gasteiger charge is 2.17. The highest BCUT2D eigenvalue weighted by molar-refractivity contribution is 5.94. The van der Waals surface area contributed by atoms with Crippen molar-refractivity contribution in [1.29, 1.82) is 0 Å². The molecule has 0 aliphatic heterocycles. The minimum Gasteiger partial charge on any atom is -0.490 e. The van der Waals surface area contributed by atoms with Crippen molar-refractivity contribution in [3.8, 4) is 17.0 Å². The molecule has 0 aliphatic carbocycles. The van der Waals surface area contributed by atoms with Gasteiger partial charge in [0.2, 0.25) is 0 Å². The predicted molar refractivity (Wildman–Crippen MR) is 81.0 cm³/mol. The van der Waals surface area contributed by atoms with Crippen LogP contribution in [0, 0.1) is 10.1 Å². The van der Waals surface area contributed by atoms with Gasteiger partial charge in [-0.3, -0.25) is 14.9 Å². The van der Waals surface area contributed by atoms with Crippen molar-refractivity contribution >= 4 is 16.5 Å². The van der Waals surface area contributed by atoms with Crippen molar-refractivity contribution < 1.29 is 9.66 Å². The molecule has 0 spiro atoms. The molecule has 0 saturated carbocycles. The van der Waals surface area contributed by atoms with Crippen molar-refractivity contribution in [2.45, 2.75) is 0 Å². The number of aromatic nitrogens is 2. The van der Waals surface area contributed by atoms with E-state index in [1.807, 2.05) is 0 Å². The highest BCUT2D eigenvalue weighted by atomic mass is 16.6. The maximum atomic E-state index is 11.8. The number of benzene rings is 2. The number of nitro benzene ring substituents is 1. The van der Waals surface area contributed by atoms with Crippen molar-refractivity contribution in [2.24, 2.45) is 0 Å². The number of aromatic amines is 1. The topological polar surface area (TPSA) is 98.1 Å². The zero-order valence-corrected chi connectivity index (χ0v) is 11.6. The lowest BCUT2D eigenvalue weighted by Crippen LogP contribution is -2.09. The number of hydrogen-bond acceptors (Lipinski definition) is 5. The molecule has 7 nitrogen and oxygen atoms in total. The normalized spacial score (nSPS) is 10.6. The Hall–Kier alpha value is -3.22. The second-order valence-corrected chi connectivity index (χ2v) is 4.59. The van der Waals surface area contributed by atoms with Gasteiger partial charge >= 0.3 is 5.69 Å². The van der Waals surface area contributed by atoms with Crippen molar-refractivity contribution in [1.82, 2.24) is 10.2 Å². The van der Waals surface area contributed by atoms with Crippen molar-refractivity contribution in [3.63, 3.8) is 0 Å². The molecule has 1 N–H and O–H groups in total. The quantitative estimate of drug-likeness (QED) is 0.591. The molecule has 110 valence electrons. The molecule has 22 heavy (non-hydrogen) atoms. The Morgan fingerprint density at radius 1 is 1.18 bits per heavy atom. The zero-order valence-electron chi connectivity index (χ0n) is 11.6. The summed E-state index contributed by atoms with van der Waals surface area (Å²) in [5.74, 6) is 0.169. The van der Waals surface area contributed by atoms with Crippen molar-refractivity contribution in [3.05, 3.63) is 62.9 Å². The Bertz CT molecular complexity index is 933. The summed E-state index contributed by atoms with van der Waals surface area (Å²) < 4.78 is 4.98. The average molecular weight is 297 g/mol. The zero-order chi connectivity index (χ0) is 15.7. The predicted octanol–water partition coefficient (Wildman–Crippen LogP) is 2.51. The number of rotatable bonds is 3. The fraction of sp³-hybridized carbons (Fsp3) is 0.0667. The number of nitrogens with zero attached hydrogens (tertiary/aromatic N) is 2. The van der Waals surface area contributed by atoms with Gasteiger partial charge in [0, 0.05) is 17.0 Å². The Morgan fingerprint density at radius 2 is 1.91 bits per heavy atom. The molecule has 0 atom stereocenters. The monoisotopic (exact) mass is 297 g/mol. The smallest absolute Gasteiger partial charge is 0.311 e. The first kappa shape index (κ1) is 13.7. The fourth-order valence-corrected chi connectivity index (χ4v) is 2.31. The van der Waals surface area contributed by atoms with Crippen LogP contribution >= 0.6 is 0 Å². The average Bonchev–Trinajstić information content (AvgIpc) is 2.55. The number of nitro groups is 1. The van der Waals surface area contributed by atoms with E-state index in [1.165, 1.54) is 19.2 Å². The first-order valence-corrected chi connectivity index (χ1v) is 6.42. The molecule has 0 unspecified atom stereocenters. The van der Waals surface area contributed by atoms with Crippen LogP contribution in [0.2, 0.25) is 0 Å².